The lowest BCUT2D eigenvalue weighted by Crippen LogP contribution is -2.44. The minimum atomic E-state index is -4.32. The Kier molecular flexibility index (Phi) is 4.72. The molecule has 2 aliphatic rings. The quantitative estimate of drug-likeness (QED) is 0.784. The van der Waals surface area contributed by atoms with E-state index in [1.807, 2.05) is 22.2 Å². The number of nitrogens with one attached hydrogen (secondary N) is 1. The molecule has 1 aromatic rings. The molecule has 0 aliphatic carbocycles. The number of alkyl halides is 3. The van der Waals surface area contributed by atoms with Crippen molar-refractivity contribution in [1.82, 2.24) is 10.3 Å². The van der Waals surface area contributed by atoms with Gasteiger partial charge in [-0.05, 0) is 32.4 Å². The summed E-state index contributed by atoms with van der Waals surface area (Å²) in [5, 5.41) is 0.850. The number of aromatic nitrogens is 1. The second kappa shape index (κ2) is 6.45. The van der Waals surface area contributed by atoms with E-state index in [-0.39, 0.29) is 6.54 Å². The summed E-state index contributed by atoms with van der Waals surface area (Å²) < 4.78 is 39.0. The molecule has 26 heavy (non-hydrogen) atoms. The van der Waals surface area contributed by atoms with Crippen LogP contribution in [0.5, 0.6) is 0 Å². The first-order valence-corrected chi connectivity index (χ1v) is 9.08. The third-order valence-corrected chi connectivity index (χ3v) is 5.52. The largest absolute Gasteiger partial charge is 0.399 e. The third kappa shape index (κ3) is 3.29. The van der Waals surface area contributed by atoms with Gasteiger partial charge in [0.2, 0.25) is 0 Å². The summed E-state index contributed by atoms with van der Waals surface area (Å²) in [7, 11) is 1.87. The Morgan fingerprint density at radius 3 is 2.69 bits per heavy atom. The maximum Gasteiger partial charge on any atom is 0.399 e. The lowest BCUT2D eigenvalue weighted by Gasteiger charge is -2.37. The van der Waals surface area contributed by atoms with Crippen molar-refractivity contribution in [1.29, 1.82) is 0 Å². The van der Waals surface area contributed by atoms with Gasteiger partial charge >= 0.3 is 6.18 Å². The molecule has 2 bridgehead atoms. The number of halogens is 3. The van der Waals surface area contributed by atoms with Gasteiger partial charge < -0.3 is 15.1 Å². The molecule has 0 aromatic carbocycles. The van der Waals surface area contributed by atoms with Gasteiger partial charge in [-0.1, -0.05) is 13.2 Å². The Bertz CT molecular complexity index is 744. The van der Waals surface area contributed by atoms with Crippen molar-refractivity contribution in [3.63, 3.8) is 0 Å². The number of fused-ring (bicyclic) bond motifs is 4. The van der Waals surface area contributed by atoms with Crippen LogP contribution < -0.4 is 15.1 Å². The Morgan fingerprint density at radius 1 is 1.38 bits per heavy atom. The molecule has 2 aliphatic heterocycles. The minimum Gasteiger partial charge on any atom is -0.383 e. The molecular weight excluding hydrogens is 360 g/mol. The summed E-state index contributed by atoms with van der Waals surface area (Å²) >= 11 is 0. The molecule has 0 saturated carbocycles. The first kappa shape index (κ1) is 19.0. The van der Waals surface area contributed by atoms with E-state index >= 15 is 0 Å². The molecular formula is C18H24F3N4P. The maximum atomic E-state index is 13.0. The lowest BCUT2D eigenvalue weighted by molar-refractivity contribution is -0.154. The van der Waals surface area contributed by atoms with Gasteiger partial charge in [0.05, 0.1) is 28.3 Å². The second-order valence-electron chi connectivity index (χ2n) is 7.28. The Labute approximate surface area is 154 Å². The zero-order chi connectivity index (χ0) is 19.3. The fourth-order valence-corrected chi connectivity index (χ4v) is 3.45. The smallest absolute Gasteiger partial charge is 0.383 e. The maximum absolute atomic E-state index is 13.0. The topological polar surface area (TPSA) is 31.4 Å². The fourth-order valence-electron chi connectivity index (χ4n) is 3.35. The van der Waals surface area contributed by atoms with Crippen LogP contribution in [0.2, 0.25) is 0 Å². The van der Waals surface area contributed by atoms with Crippen LogP contribution in [0.1, 0.15) is 26.0 Å². The number of anilines is 2. The van der Waals surface area contributed by atoms with E-state index in [0.717, 1.165) is 43.6 Å². The molecule has 8 heteroatoms. The average Bonchev–Trinajstić information content (AvgIpc) is 2.95. The van der Waals surface area contributed by atoms with Gasteiger partial charge in [-0.25, -0.2) is 4.98 Å². The molecule has 1 aromatic heterocycles. The number of allylic oxidation sites excluding steroid dienone is 1. The van der Waals surface area contributed by atoms with E-state index in [1.54, 1.807) is 6.07 Å². The van der Waals surface area contributed by atoms with E-state index in [1.165, 1.54) is 0 Å². The minimum absolute atomic E-state index is 0.294. The fraction of sp³-hybridized carbons (Fsp3) is 0.500. The van der Waals surface area contributed by atoms with E-state index < -0.39 is 11.3 Å². The average molecular weight is 384 g/mol. The van der Waals surface area contributed by atoms with Crippen LogP contribution in [0.25, 0.3) is 5.70 Å². The molecule has 0 spiro atoms. The van der Waals surface area contributed by atoms with E-state index in [4.69, 9.17) is 4.98 Å². The number of rotatable bonds is 5. The number of pyridine rings is 1. The Morgan fingerprint density at radius 2 is 2.08 bits per heavy atom. The van der Waals surface area contributed by atoms with Crippen LogP contribution in [0.4, 0.5) is 24.7 Å². The monoisotopic (exact) mass is 384 g/mol. The summed E-state index contributed by atoms with van der Waals surface area (Å²) in [6.07, 6.45) is -3.29. The Hall–Kier alpha value is -1.75. The van der Waals surface area contributed by atoms with Gasteiger partial charge in [0, 0.05) is 25.3 Å². The molecule has 0 amide bonds. The molecule has 1 fully saturated rings. The molecule has 3 rings (SSSR count). The summed E-state index contributed by atoms with van der Waals surface area (Å²) in [6, 6.07) is 4.10. The predicted molar refractivity (Wildman–Crippen MR) is 103 cm³/mol. The highest BCUT2D eigenvalue weighted by molar-refractivity contribution is 7.19. The van der Waals surface area contributed by atoms with Crippen LogP contribution >= 0.6 is 9.24 Å². The third-order valence-electron chi connectivity index (χ3n) is 4.99. The molecule has 0 radical (unpaired) electrons. The van der Waals surface area contributed by atoms with Crippen LogP contribution in [0, 0.1) is 0 Å². The van der Waals surface area contributed by atoms with E-state index in [0.29, 0.717) is 17.4 Å². The van der Waals surface area contributed by atoms with Crippen LogP contribution in [-0.2, 0) is 0 Å². The predicted octanol–water partition coefficient (Wildman–Crippen LogP) is 3.77. The van der Waals surface area contributed by atoms with Crippen molar-refractivity contribution in [3.05, 3.63) is 36.7 Å². The number of hydrogen-bond acceptors (Lipinski definition) is 4. The molecule has 4 nitrogen and oxygen atoms in total. The summed E-state index contributed by atoms with van der Waals surface area (Å²) in [4.78, 5) is 9.11. The normalized spacial score (nSPS) is 21.2. The van der Waals surface area contributed by atoms with Gasteiger partial charge in [0.1, 0.15) is 0 Å². The highest BCUT2D eigenvalue weighted by atomic mass is 31.0. The van der Waals surface area contributed by atoms with Crippen molar-refractivity contribution >= 4 is 26.4 Å². The molecule has 3 heterocycles. The SMILES string of the molecule is C=C(NCC(C)(P)C(F)(F)F)c1ccc2c(n1)N(C(=C)C)C1CCN2C1. The second-order valence-corrected chi connectivity index (χ2v) is 8.55. The van der Waals surface area contributed by atoms with Crippen LogP contribution in [0.15, 0.2) is 31.0 Å². The first-order valence-electron chi connectivity index (χ1n) is 8.51. The number of nitrogens with zero attached hydrogens (tertiary/aromatic N) is 3. The summed E-state index contributed by atoms with van der Waals surface area (Å²) in [5.74, 6) is 0.802. The molecule has 1 N–H and O–H groups in total. The first-order chi connectivity index (χ1) is 12.0. The van der Waals surface area contributed by atoms with Gasteiger partial charge in [0.25, 0.3) is 0 Å². The lowest BCUT2D eigenvalue weighted by atomic mass is 10.1. The molecule has 142 valence electrons. The summed E-state index contributed by atoms with van der Waals surface area (Å²) in [5.41, 5.74) is 2.86. The van der Waals surface area contributed by atoms with Gasteiger partial charge in [-0.2, -0.15) is 13.2 Å². The van der Waals surface area contributed by atoms with E-state index in [2.05, 4.69) is 28.3 Å². The summed E-state index contributed by atoms with van der Waals surface area (Å²) in [6.45, 7) is 12.6. The molecule has 3 atom stereocenters. The zero-order valence-corrected chi connectivity index (χ0v) is 16.2. The molecule has 1 saturated heterocycles. The van der Waals surface area contributed by atoms with Gasteiger partial charge in [-0.3, -0.25) is 0 Å². The zero-order valence-electron chi connectivity index (χ0n) is 15.0. The van der Waals surface area contributed by atoms with Crippen LogP contribution in [-0.4, -0.2) is 42.0 Å². The van der Waals surface area contributed by atoms with Crippen LogP contribution in [0.3, 0.4) is 0 Å². The Balaban J connectivity index is 1.83. The van der Waals surface area contributed by atoms with Crippen molar-refractivity contribution in [2.24, 2.45) is 0 Å². The van der Waals surface area contributed by atoms with Crippen molar-refractivity contribution in [2.75, 3.05) is 29.4 Å². The standard InChI is InChI=1S/C18H24F3N4P/c1-11(2)25-13-7-8-24(9-13)15-6-5-14(23-16(15)25)12(3)22-10-17(4,26)18(19,20)21/h5-6,13,22H,1,3,7-10,26H2,2,4H3. The molecule has 3 unspecified atom stereocenters. The van der Waals surface area contributed by atoms with E-state index in [9.17, 15) is 13.2 Å². The van der Waals surface area contributed by atoms with Crippen molar-refractivity contribution in [2.45, 2.75) is 37.6 Å². The van der Waals surface area contributed by atoms with Crippen molar-refractivity contribution < 1.29 is 13.2 Å². The number of hydrogen-bond donors (Lipinski definition) is 1. The van der Waals surface area contributed by atoms with Gasteiger partial charge in [0.15, 0.2) is 5.82 Å². The highest BCUT2D eigenvalue weighted by Gasteiger charge is 2.47. The van der Waals surface area contributed by atoms with Crippen molar-refractivity contribution in [3.8, 4) is 0 Å². The van der Waals surface area contributed by atoms with Gasteiger partial charge in [-0.15, -0.1) is 9.24 Å². The highest BCUT2D eigenvalue weighted by Crippen LogP contribution is 2.41.